The molecule has 2 aromatic heterocycles. The average Bonchev–Trinajstić information content (AvgIpc) is 3.19. The van der Waals surface area contributed by atoms with E-state index in [2.05, 4.69) is 58.6 Å². The molecule has 6 heteroatoms. The number of aromatic nitrogens is 3. The molecule has 6 nitrogen and oxygen atoms in total. The van der Waals surface area contributed by atoms with Crippen molar-refractivity contribution in [1.29, 1.82) is 0 Å². The molecule has 1 aliphatic rings. The molecule has 3 heterocycles. The molecule has 142 valence electrons. The Morgan fingerprint density at radius 2 is 2.04 bits per heavy atom. The van der Waals surface area contributed by atoms with Crippen LogP contribution >= 0.6 is 0 Å². The highest BCUT2D eigenvalue weighted by atomic mass is 16.5. The van der Waals surface area contributed by atoms with Crippen LogP contribution in [0, 0.1) is 5.92 Å². The van der Waals surface area contributed by atoms with Gasteiger partial charge in [0.25, 0.3) is 0 Å². The van der Waals surface area contributed by atoms with E-state index in [0.29, 0.717) is 11.8 Å². The topological polar surface area (TPSA) is 73.1 Å². The number of hydrogen-bond donors (Lipinski definition) is 1. The van der Waals surface area contributed by atoms with Crippen LogP contribution < -0.4 is 5.32 Å². The van der Waals surface area contributed by atoms with E-state index in [9.17, 15) is 0 Å². The molecular weight excluding hydrogens is 340 g/mol. The van der Waals surface area contributed by atoms with Gasteiger partial charge in [-0.25, -0.2) is 0 Å². The van der Waals surface area contributed by atoms with Gasteiger partial charge in [-0.1, -0.05) is 37.2 Å². The van der Waals surface area contributed by atoms with E-state index >= 15 is 0 Å². The summed E-state index contributed by atoms with van der Waals surface area (Å²) in [5, 5.41) is 10.2. The highest BCUT2D eigenvalue weighted by molar-refractivity contribution is 5.84. The summed E-state index contributed by atoms with van der Waals surface area (Å²) in [5.74, 6) is 2.13. The highest BCUT2D eigenvalue weighted by Gasteiger charge is 2.30. The Labute approximate surface area is 159 Å². The van der Waals surface area contributed by atoms with E-state index in [1.54, 1.807) is 0 Å². The molecule has 1 unspecified atom stereocenters. The first-order valence-corrected chi connectivity index (χ1v) is 9.68. The van der Waals surface area contributed by atoms with Crippen molar-refractivity contribution >= 4 is 10.8 Å². The second-order valence-electron chi connectivity index (χ2n) is 7.47. The van der Waals surface area contributed by atoms with Crippen molar-refractivity contribution in [2.24, 2.45) is 5.92 Å². The van der Waals surface area contributed by atoms with Gasteiger partial charge in [0.05, 0.1) is 6.04 Å². The van der Waals surface area contributed by atoms with Gasteiger partial charge < -0.3 is 14.6 Å². The molecule has 1 saturated heterocycles. The molecule has 1 atom stereocenters. The maximum Gasteiger partial charge on any atom is 0.244 e. The molecule has 1 N–H and O–H groups in total. The third kappa shape index (κ3) is 4.01. The van der Waals surface area contributed by atoms with Crippen LogP contribution in [0.15, 0.2) is 41.2 Å². The quantitative estimate of drug-likeness (QED) is 0.711. The predicted octanol–water partition coefficient (Wildman–Crippen LogP) is 4.00. The zero-order chi connectivity index (χ0) is 18.6. The van der Waals surface area contributed by atoms with Crippen molar-refractivity contribution in [2.45, 2.75) is 45.2 Å². The van der Waals surface area contributed by atoms with Gasteiger partial charge in [0.2, 0.25) is 5.89 Å². The largest absolute Gasteiger partial charge is 0.381 e. The number of hydrogen-bond acceptors (Lipinski definition) is 6. The fourth-order valence-corrected chi connectivity index (χ4v) is 3.68. The summed E-state index contributed by atoms with van der Waals surface area (Å²) in [6.07, 6.45) is 5.74. The molecule has 0 saturated carbocycles. The van der Waals surface area contributed by atoms with Gasteiger partial charge in [0, 0.05) is 43.5 Å². The molecule has 1 aromatic carbocycles. The van der Waals surface area contributed by atoms with E-state index < -0.39 is 0 Å². The van der Waals surface area contributed by atoms with Gasteiger partial charge in [-0.3, -0.25) is 4.98 Å². The number of fused-ring (bicyclic) bond motifs is 1. The second-order valence-corrected chi connectivity index (χ2v) is 7.47. The SMILES string of the molecule is CC(C)c1noc(C(NCc2cccc3cnccc23)C2CCOCC2)n1. The van der Waals surface area contributed by atoms with Crippen LogP contribution in [-0.2, 0) is 11.3 Å². The van der Waals surface area contributed by atoms with Crippen LogP contribution in [0.1, 0.15) is 55.9 Å². The number of nitrogens with one attached hydrogen (secondary N) is 1. The Morgan fingerprint density at radius 1 is 1.19 bits per heavy atom. The van der Waals surface area contributed by atoms with Gasteiger partial charge in [0.15, 0.2) is 5.82 Å². The van der Waals surface area contributed by atoms with E-state index in [-0.39, 0.29) is 12.0 Å². The van der Waals surface area contributed by atoms with Crippen LogP contribution in [-0.4, -0.2) is 28.3 Å². The van der Waals surface area contributed by atoms with Gasteiger partial charge in [-0.15, -0.1) is 0 Å². The first kappa shape index (κ1) is 18.1. The first-order valence-electron chi connectivity index (χ1n) is 9.68. The van der Waals surface area contributed by atoms with Crippen LogP contribution in [0.25, 0.3) is 10.8 Å². The number of pyridine rings is 1. The van der Waals surface area contributed by atoms with Gasteiger partial charge in [-0.05, 0) is 35.8 Å². The Morgan fingerprint density at radius 3 is 2.81 bits per heavy atom. The lowest BCUT2D eigenvalue weighted by Crippen LogP contribution is -2.32. The van der Waals surface area contributed by atoms with Crippen molar-refractivity contribution in [3.63, 3.8) is 0 Å². The van der Waals surface area contributed by atoms with Gasteiger partial charge in [0.1, 0.15) is 0 Å². The fraction of sp³-hybridized carbons (Fsp3) is 0.476. The zero-order valence-corrected chi connectivity index (χ0v) is 15.9. The lowest BCUT2D eigenvalue weighted by molar-refractivity contribution is 0.0485. The lowest BCUT2D eigenvalue weighted by atomic mass is 9.91. The number of ether oxygens (including phenoxy) is 1. The summed E-state index contributed by atoms with van der Waals surface area (Å²) >= 11 is 0. The van der Waals surface area contributed by atoms with E-state index in [4.69, 9.17) is 9.26 Å². The molecule has 0 amide bonds. The summed E-state index contributed by atoms with van der Waals surface area (Å²) in [6, 6.07) is 8.43. The third-order valence-electron chi connectivity index (χ3n) is 5.26. The number of nitrogens with zero attached hydrogens (tertiary/aromatic N) is 3. The average molecular weight is 366 g/mol. The van der Waals surface area contributed by atoms with Gasteiger partial charge in [-0.2, -0.15) is 4.98 Å². The zero-order valence-electron chi connectivity index (χ0n) is 15.9. The first-order chi connectivity index (χ1) is 13.2. The van der Waals surface area contributed by atoms with Gasteiger partial charge >= 0.3 is 0 Å². The minimum atomic E-state index is 0.0333. The number of rotatable bonds is 6. The van der Waals surface area contributed by atoms with Crippen molar-refractivity contribution in [3.05, 3.63) is 53.9 Å². The third-order valence-corrected chi connectivity index (χ3v) is 5.26. The number of benzene rings is 1. The molecule has 4 rings (SSSR count). The second kappa shape index (κ2) is 8.15. The maximum absolute atomic E-state index is 5.64. The van der Waals surface area contributed by atoms with Crippen molar-refractivity contribution < 1.29 is 9.26 Å². The summed E-state index contributed by atoms with van der Waals surface area (Å²) in [5.41, 5.74) is 1.25. The Bertz CT molecular complexity index is 881. The minimum absolute atomic E-state index is 0.0333. The highest BCUT2D eigenvalue weighted by Crippen LogP contribution is 2.30. The molecule has 0 spiro atoms. The van der Waals surface area contributed by atoms with Crippen molar-refractivity contribution in [1.82, 2.24) is 20.4 Å². The minimum Gasteiger partial charge on any atom is -0.381 e. The summed E-state index contributed by atoms with van der Waals surface area (Å²) < 4.78 is 11.2. The normalized spacial score (nSPS) is 16.9. The van der Waals surface area contributed by atoms with E-state index in [0.717, 1.165) is 43.8 Å². The summed E-state index contributed by atoms with van der Waals surface area (Å²) in [4.78, 5) is 8.89. The van der Waals surface area contributed by atoms with E-state index in [1.165, 1.54) is 10.9 Å². The summed E-state index contributed by atoms with van der Waals surface area (Å²) in [6.45, 7) is 6.47. The molecule has 0 bridgehead atoms. The van der Waals surface area contributed by atoms with Crippen LogP contribution in [0.5, 0.6) is 0 Å². The Hall–Kier alpha value is -2.31. The maximum atomic E-state index is 5.64. The monoisotopic (exact) mass is 366 g/mol. The molecule has 1 fully saturated rings. The fourth-order valence-electron chi connectivity index (χ4n) is 3.68. The van der Waals surface area contributed by atoms with E-state index in [1.807, 2.05) is 12.4 Å². The Balaban J connectivity index is 1.58. The molecule has 0 radical (unpaired) electrons. The smallest absolute Gasteiger partial charge is 0.244 e. The predicted molar refractivity (Wildman–Crippen MR) is 103 cm³/mol. The molecule has 27 heavy (non-hydrogen) atoms. The van der Waals surface area contributed by atoms with Crippen LogP contribution in [0.4, 0.5) is 0 Å². The standard InChI is InChI=1S/C21H26N4O2/c1-14(2)20-24-21(27-25-20)19(15-7-10-26-11-8-15)23-13-17-5-3-4-16-12-22-9-6-18(16)17/h3-6,9,12,14-15,19,23H,7-8,10-11,13H2,1-2H3. The Kier molecular flexibility index (Phi) is 5.45. The lowest BCUT2D eigenvalue weighted by Gasteiger charge is -2.29. The molecule has 0 aliphatic carbocycles. The molecule has 3 aromatic rings. The van der Waals surface area contributed by atoms with Crippen LogP contribution in [0.3, 0.4) is 0 Å². The van der Waals surface area contributed by atoms with Crippen LogP contribution in [0.2, 0.25) is 0 Å². The molecular formula is C21H26N4O2. The molecule has 1 aliphatic heterocycles. The van der Waals surface area contributed by atoms with Crippen molar-refractivity contribution in [3.8, 4) is 0 Å². The summed E-state index contributed by atoms with van der Waals surface area (Å²) in [7, 11) is 0. The van der Waals surface area contributed by atoms with Crippen molar-refractivity contribution in [2.75, 3.05) is 13.2 Å².